The number of hydrogen-bond donors (Lipinski definition) is 2. The van der Waals surface area contributed by atoms with Gasteiger partial charge in [0, 0.05) is 19.2 Å². The van der Waals surface area contributed by atoms with Crippen LogP contribution in [0.15, 0.2) is 24.3 Å². The molecular formula is C14H19FN2O2. The smallest absolute Gasteiger partial charge is 0.240 e. The second-order valence-corrected chi connectivity index (χ2v) is 5.00. The van der Waals surface area contributed by atoms with Crippen LogP contribution in [0.3, 0.4) is 0 Å². The average Bonchev–Trinajstić information content (AvgIpc) is 2.83. The van der Waals surface area contributed by atoms with E-state index in [1.165, 1.54) is 11.0 Å². The number of halogens is 1. The number of hydrogen-bond acceptors (Lipinski definition) is 3. The maximum absolute atomic E-state index is 13.7. The fourth-order valence-electron chi connectivity index (χ4n) is 2.36. The zero-order chi connectivity index (χ0) is 14.0. The molecule has 1 amide bonds. The standard InChI is InChI=1S/C14H19FN2O2/c1-9(11-5-3-4-6-12(11)15)17(2)14(19)13-7-10(18)8-16-13/h3-6,9-10,13,16,18H,7-8H2,1-2H3. The van der Waals surface area contributed by atoms with E-state index in [1.54, 1.807) is 32.2 Å². The largest absolute Gasteiger partial charge is 0.392 e. The summed E-state index contributed by atoms with van der Waals surface area (Å²) in [5, 5.41) is 12.4. The molecule has 1 fully saturated rings. The van der Waals surface area contributed by atoms with E-state index >= 15 is 0 Å². The molecule has 3 atom stereocenters. The minimum absolute atomic E-state index is 0.118. The van der Waals surface area contributed by atoms with Gasteiger partial charge in [0.2, 0.25) is 5.91 Å². The molecule has 0 aliphatic carbocycles. The van der Waals surface area contributed by atoms with E-state index in [-0.39, 0.29) is 23.8 Å². The van der Waals surface area contributed by atoms with Crippen LogP contribution in [-0.2, 0) is 4.79 Å². The molecule has 1 heterocycles. The molecule has 2 N–H and O–H groups in total. The maximum atomic E-state index is 13.7. The van der Waals surface area contributed by atoms with Crippen molar-refractivity contribution in [2.24, 2.45) is 0 Å². The van der Waals surface area contributed by atoms with Gasteiger partial charge in [-0.1, -0.05) is 18.2 Å². The summed E-state index contributed by atoms with van der Waals surface area (Å²) in [5.41, 5.74) is 0.497. The molecular weight excluding hydrogens is 247 g/mol. The van der Waals surface area contributed by atoms with E-state index in [0.29, 0.717) is 18.5 Å². The number of rotatable bonds is 3. The van der Waals surface area contributed by atoms with Crippen molar-refractivity contribution < 1.29 is 14.3 Å². The normalized spacial score (nSPS) is 24.2. The number of likely N-dealkylation sites (N-methyl/N-ethyl adjacent to an activating group) is 1. The number of amides is 1. The summed E-state index contributed by atoms with van der Waals surface area (Å²) in [5.74, 6) is -0.429. The Hall–Kier alpha value is -1.46. The molecule has 5 heteroatoms. The Labute approximate surface area is 112 Å². The molecule has 104 valence electrons. The van der Waals surface area contributed by atoms with Gasteiger partial charge in [0.1, 0.15) is 5.82 Å². The van der Waals surface area contributed by atoms with Crippen molar-refractivity contribution >= 4 is 5.91 Å². The fourth-order valence-corrected chi connectivity index (χ4v) is 2.36. The van der Waals surface area contributed by atoms with Gasteiger partial charge in [0.15, 0.2) is 0 Å². The topological polar surface area (TPSA) is 52.6 Å². The Morgan fingerprint density at radius 1 is 1.53 bits per heavy atom. The lowest BCUT2D eigenvalue weighted by Gasteiger charge is -2.28. The van der Waals surface area contributed by atoms with Gasteiger partial charge in [-0.25, -0.2) is 4.39 Å². The van der Waals surface area contributed by atoms with Gasteiger partial charge in [-0.3, -0.25) is 4.79 Å². The minimum atomic E-state index is -0.480. The lowest BCUT2D eigenvalue weighted by molar-refractivity contribution is -0.133. The summed E-state index contributed by atoms with van der Waals surface area (Å²) < 4.78 is 13.7. The van der Waals surface area contributed by atoms with Crippen LogP contribution in [0.4, 0.5) is 4.39 Å². The monoisotopic (exact) mass is 266 g/mol. The van der Waals surface area contributed by atoms with Crippen LogP contribution in [0, 0.1) is 5.82 Å². The second-order valence-electron chi connectivity index (χ2n) is 5.00. The SMILES string of the molecule is CC(c1ccccc1F)N(C)C(=O)C1CC(O)CN1. The van der Waals surface area contributed by atoms with E-state index in [1.807, 2.05) is 0 Å². The summed E-state index contributed by atoms with van der Waals surface area (Å²) >= 11 is 0. The van der Waals surface area contributed by atoms with Crippen molar-refractivity contribution in [3.63, 3.8) is 0 Å². The Morgan fingerprint density at radius 2 is 2.21 bits per heavy atom. The average molecular weight is 266 g/mol. The molecule has 0 radical (unpaired) electrons. The number of β-amino-alcohol motifs (C(OH)–C–C–N with tert-alkyl or cyclic N) is 1. The van der Waals surface area contributed by atoms with Crippen LogP contribution < -0.4 is 5.32 Å². The number of aliphatic hydroxyl groups excluding tert-OH is 1. The Balaban J connectivity index is 2.09. The number of nitrogens with zero attached hydrogens (tertiary/aromatic N) is 1. The van der Waals surface area contributed by atoms with Crippen molar-refractivity contribution in [3.8, 4) is 0 Å². The van der Waals surface area contributed by atoms with Gasteiger partial charge in [-0.2, -0.15) is 0 Å². The lowest BCUT2D eigenvalue weighted by atomic mass is 10.1. The summed E-state index contributed by atoms with van der Waals surface area (Å²) in [6, 6.07) is 5.73. The molecule has 0 bridgehead atoms. The number of nitrogens with one attached hydrogen (secondary N) is 1. The third-order valence-electron chi connectivity index (χ3n) is 3.69. The quantitative estimate of drug-likeness (QED) is 0.860. The highest BCUT2D eigenvalue weighted by atomic mass is 19.1. The highest BCUT2D eigenvalue weighted by molar-refractivity contribution is 5.82. The van der Waals surface area contributed by atoms with Gasteiger partial charge in [-0.15, -0.1) is 0 Å². The molecule has 1 aromatic rings. The minimum Gasteiger partial charge on any atom is -0.392 e. The van der Waals surface area contributed by atoms with Crippen LogP contribution in [0.1, 0.15) is 24.9 Å². The zero-order valence-electron chi connectivity index (χ0n) is 11.1. The van der Waals surface area contributed by atoms with E-state index in [0.717, 1.165) is 0 Å². The zero-order valence-corrected chi connectivity index (χ0v) is 11.1. The first-order chi connectivity index (χ1) is 9.00. The van der Waals surface area contributed by atoms with Crippen molar-refractivity contribution in [1.29, 1.82) is 0 Å². The first-order valence-electron chi connectivity index (χ1n) is 6.43. The van der Waals surface area contributed by atoms with Gasteiger partial charge in [-0.05, 0) is 19.4 Å². The van der Waals surface area contributed by atoms with Crippen molar-refractivity contribution in [3.05, 3.63) is 35.6 Å². The summed E-state index contributed by atoms with van der Waals surface area (Å²) in [4.78, 5) is 13.8. The van der Waals surface area contributed by atoms with Crippen LogP contribution >= 0.6 is 0 Å². The number of carbonyl (C=O) groups is 1. The van der Waals surface area contributed by atoms with Gasteiger partial charge < -0.3 is 15.3 Å². The van der Waals surface area contributed by atoms with Crippen LogP contribution in [-0.4, -0.2) is 41.7 Å². The molecule has 1 aliphatic heterocycles. The molecule has 19 heavy (non-hydrogen) atoms. The molecule has 4 nitrogen and oxygen atoms in total. The van der Waals surface area contributed by atoms with Crippen LogP contribution in [0.2, 0.25) is 0 Å². The summed E-state index contributed by atoms with van der Waals surface area (Å²) in [7, 11) is 1.66. The number of benzene rings is 1. The first-order valence-corrected chi connectivity index (χ1v) is 6.43. The molecule has 2 rings (SSSR count). The predicted molar refractivity (Wildman–Crippen MR) is 70.0 cm³/mol. The van der Waals surface area contributed by atoms with Gasteiger partial charge in [0.05, 0.1) is 18.2 Å². The van der Waals surface area contributed by atoms with Crippen LogP contribution in [0.25, 0.3) is 0 Å². The Morgan fingerprint density at radius 3 is 2.79 bits per heavy atom. The number of aliphatic hydroxyl groups is 1. The van der Waals surface area contributed by atoms with Gasteiger partial charge in [0.25, 0.3) is 0 Å². The Bertz CT molecular complexity index is 467. The molecule has 3 unspecified atom stereocenters. The van der Waals surface area contributed by atoms with E-state index in [2.05, 4.69) is 5.32 Å². The van der Waals surface area contributed by atoms with E-state index < -0.39 is 6.10 Å². The van der Waals surface area contributed by atoms with Crippen molar-refractivity contribution in [1.82, 2.24) is 10.2 Å². The second kappa shape index (κ2) is 5.67. The predicted octanol–water partition coefficient (Wildman–Crippen LogP) is 1.07. The molecule has 0 aromatic heterocycles. The third-order valence-corrected chi connectivity index (χ3v) is 3.69. The molecule has 1 saturated heterocycles. The van der Waals surface area contributed by atoms with E-state index in [9.17, 15) is 14.3 Å². The van der Waals surface area contributed by atoms with Crippen LogP contribution in [0.5, 0.6) is 0 Å². The lowest BCUT2D eigenvalue weighted by Crippen LogP contribution is -2.42. The third kappa shape index (κ3) is 2.93. The van der Waals surface area contributed by atoms with Crippen molar-refractivity contribution in [2.75, 3.05) is 13.6 Å². The van der Waals surface area contributed by atoms with Crippen molar-refractivity contribution in [2.45, 2.75) is 31.5 Å². The fraction of sp³-hybridized carbons (Fsp3) is 0.500. The number of carbonyl (C=O) groups excluding carboxylic acids is 1. The molecule has 1 aromatic carbocycles. The van der Waals surface area contributed by atoms with Gasteiger partial charge >= 0.3 is 0 Å². The molecule has 0 saturated carbocycles. The molecule has 0 spiro atoms. The molecule has 1 aliphatic rings. The summed E-state index contributed by atoms with van der Waals surface area (Å²) in [6.45, 7) is 2.22. The maximum Gasteiger partial charge on any atom is 0.240 e. The Kier molecular flexibility index (Phi) is 4.17. The van der Waals surface area contributed by atoms with E-state index in [4.69, 9.17) is 0 Å². The highest BCUT2D eigenvalue weighted by Crippen LogP contribution is 2.23. The highest BCUT2D eigenvalue weighted by Gasteiger charge is 2.32. The summed E-state index contributed by atoms with van der Waals surface area (Å²) in [6.07, 6.45) is -0.0706. The first kappa shape index (κ1) is 14.0.